The molecule has 0 saturated carbocycles. The molecule has 0 aliphatic carbocycles. The van der Waals surface area contributed by atoms with Crippen molar-refractivity contribution < 1.29 is 0 Å². The molecule has 0 saturated heterocycles. The van der Waals surface area contributed by atoms with E-state index in [2.05, 4.69) is 47.5 Å². The molecule has 4 heteroatoms. The molecule has 0 amide bonds. The maximum atomic E-state index is 4.67. The zero-order chi connectivity index (χ0) is 13.2. The summed E-state index contributed by atoms with van der Waals surface area (Å²) in [5.41, 5.74) is 2.07. The fraction of sp³-hybridized carbons (Fsp3) is 0.571. The van der Waals surface area contributed by atoms with Gasteiger partial charge in [-0.2, -0.15) is 0 Å². The Bertz CT molecular complexity index is 522. The van der Waals surface area contributed by atoms with E-state index in [1.54, 1.807) is 0 Å². The maximum absolute atomic E-state index is 4.67. The van der Waals surface area contributed by atoms with Crippen molar-refractivity contribution in [2.75, 3.05) is 0 Å². The molecule has 98 valence electrons. The smallest absolute Gasteiger partial charge is 0.160 e. The van der Waals surface area contributed by atoms with E-state index in [-0.39, 0.29) is 5.54 Å². The monoisotopic (exact) mass is 246 g/mol. The third kappa shape index (κ3) is 2.88. The first-order chi connectivity index (χ1) is 8.51. The van der Waals surface area contributed by atoms with Gasteiger partial charge in [-0.1, -0.05) is 6.92 Å². The van der Waals surface area contributed by atoms with Crippen molar-refractivity contribution >= 4 is 11.2 Å². The lowest BCUT2D eigenvalue weighted by atomic mass is 10.1. The highest BCUT2D eigenvalue weighted by Crippen LogP contribution is 2.14. The van der Waals surface area contributed by atoms with Gasteiger partial charge in [-0.15, -0.1) is 0 Å². The molecule has 0 spiro atoms. The van der Waals surface area contributed by atoms with Crippen molar-refractivity contribution in [1.29, 1.82) is 0 Å². The number of fused-ring (bicyclic) bond motifs is 1. The van der Waals surface area contributed by atoms with Gasteiger partial charge in [0.1, 0.15) is 11.3 Å². The third-order valence-electron chi connectivity index (χ3n) is 2.81. The van der Waals surface area contributed by atoms with Crippen molar-refractivity contribution in [3.63, 3.8) is 0 Å². The van der Waals surface area contributed by atoms with Gasteiger partial charge < -0.3 is 9.88 Å². The van der Waals surface area contributed by atoms with Gasteiger partial charge in [0, 0.05) is 18.3 Å². The summed E-state index contributed by atoms with van der Waals surface area (Å²) in [6.07, 6.45) is 2.92. The van der Waals surface area contributed by atoms with Crippen LogP contribution in [-0.2, 0) is 13.1 Å². The first kappa shape index (κ1) is 13.0. The molecule has 2 heterocycles. The Kier molecular flexibility index (Phi) is 3.66. The van der Waals surface area contributed by atoms with Crippen LogP contribution in [-0.4, -0.2) is 20.1 Å². The summed E-state index contributed by atoms with van der Waals surface area (Å²) in [6.45, 7) is 10.4. The van der Waals surface area contributed by atoms with Crippen LogP contribution in [0.4, 0.5) is 0 Å². The predicted molar refractivity (Wildman–Crippen MR) is 74.4 cm³/mol. The summed E-state index contributed by atoms with van der Waals surface area (Å²) >= 11 is 0. The van der Waals surface area contributed by atoms with E-state index < -0.39 is 0 Å². The summed E-state index contributed by atoms with van der Waals surface area (Å²) in [5, 5.41) is 3.49. The van der Waals surface area contributed by atoms with Gasteiger partial charge in [0.15, 0.2) is 5.65 Å². The normalized spacial score (nSPS) is 12.2. The summed E-state index contributed by atoms with van der Waals surface area (Å²) in [5.74, 6) is 1.07. The number of rotatable bonds is 4. The van der Waals surface area contributed by atoms with Crippen LogP contribution in [0.5, 0.6) is 0 Å². The van der Waals surface area contributed by atoms with E-state index in [9.17, 15) is 0 Å². The van der Waals surface area contributed by atoms with Crippen LogP contribution in [0.25, 0.3) is 11.2 Å². The molecule has 0 aromatic carbocycles. The largest absolute Gasteiger partial charge is 0.312 e. The summed E-state index contributed by atoms with van der Waals surface area (Å²) in [6, 6.07) is 3.96. The second-order valence-electron chi connectivity index (χ2n) is 5.63. The van der Waals surface area contributed by atoms with Gasteiger partial charge >= 0.3 is 0 Å². The molecule has 0 aliphatic rings. The minimum atomic E-state index is 0.0998. The highest BCUT2D eigenvalue weighted by Gasteiger charge is 2.14. The molecule has 0 radical (unpaired) electrons. The fourth-order valence-corrected chi connectivity index (χ4v) is 1.94. The van der Waals surface area contributed by atoms with Crippen LogP contribution in [0.3, 0.4) is 0 Å². The minimum absolute atomic E-state index is 0.0998. The Hall–Kier alpha value is -1.42. The third-order valence-corrected chi connectivity index (χ3v) is 2.81. The topological polar surface area (TPSA) is 42.7 Å². The van der Waals surface area contributed by atoms with Crippen LogP contribution in [0, 0.1) is 0 Å². The fourth-order valence-electron chi connectivity index (χ4n) is 1.94. The number of hydrogen-bond donors (Lipinski definition) is 1. The molecule has 2 rings (SSSR count). The zero-order valence-corrected chi connectivity index (χ0v) is 11.7. The van der Waals surface area contributed by atoms with E-state index in [0.29, 0.717) is 0 Å². The highest BCUT2D eigenvalue weighted by atomic mass is 15.1. The van der Waals surface area contributed by atoms with Crippen LogP contribution in [0.1, 0.15) is 39.9 Å². The number of hydrogen-bond acceptors (Lipinski definition) is 3. The van der Waals surface area contributed by atoms with E-state index in [4.69, 9.17) is 0 Å². The zero-order valence-electron chi connectivity index (χ0n) is 11.7. The van der Waals surface area contributed by atoms with Gasteiger partial charge in [0.2, 0.25) is 0 Å². The average molecular weight is 246 g/mol. The lowest BCUT2D eigenvalue weighted by molar-refractivity contribution is 0.412. The first-order valence-electron chi connectivity index (χ1n) is 6.56. The number of nitrogens with zero attached hydrogens (tertiary/aromatic N) is 3. The molecule has 2 aromatic rings. The molecule has 1 N–H and O–H groups in total. The van der Waals surface area contributed by atoms with Crippen LogP contribution in [0.2, 0.25) is 0 Å². The van der Waals surface area contributed by atoms with E-state index in [0.717, 1.165) is 36.5 Å². The second kappa shape index (κ2) is 5.06. The quantitative estimate of drug-likeness (QED) is 0.902. The summed E-state index contributed by atoms with van der Waals surface area (Å²) < 4.78 is 2.22. The molecular weight excluding hydrogens is 224 g/mol. The molecule has 2 aromatic heterocycles. The lowest BCUT2D eigenvalue weighted by Crippen LogP contribution is -2.36. The standard InChI is InChI=1S/C14H22N4/c1-5-9-18-12(10-16-14(2,3)4)17-11-7-6-8-15-13(11)18/h6-8,16H,5,9-10H2,1-4H3. The minimum Gasteiger partial charge on any atom is -0.312 e. The molecule has 0 unspecified atom stereocenters. The lowest BCUT2D eigenvalue weighted by Gasteiger charge is -2.20. The predicted octanol–water partition coefficient (Wildman–Crippen LogP) is 2.73. The molecule has 0 aliphatic heterocycles. The number of aromatic nitrogens is 3. The summed E-state index contributed by atoms with van der Waals surface area (Å²) in [4.78, 5) is 9.11. The van der Waals surface area contributed by atoms with Gasteiger partial charge in [0.25, 0.3) is 0 Å². The van der Waals surface area contributed by atoms with E-state index >= 15 is 0 Å². The number of aryl methyl sites for hydroxylation is 1. The number of pyridine rings is 1. The molecule has 0 fully saturated rings. The van der Waals surface area contributed by atoms with Crippen molar-refractivity contribution in [2.24, 2.45) is 0 Å². The maximum Gasteiger partial charge on any atom is 0.160 e. The molecule has 18 heavy (non-hydrogen) atoms. The Morgan fingerprint density at radius 3 is 2.78 bits per heavy atom. The van der Waals surface area contributed by atoms with Crippen molar-refractivity contribution in [3.8, 4) is 0 Å². The van der Waals surface area contributed by atoms with Gasteiger partial charge in [-0.3, -0.25) is 0 Å². The second-order valence-corrected chi connectivity index (χ2v) is 5.63. The average Bonchev–Trinajstić information content (AvgIpc) is 2.65. The van der Waals surface area contributed by atoms with Crippen LogP contribution in [0.15, 0.2) is 18.3 Å². The van der Waals surface area contributed by atoms with Gasteiger partial charge in [-0.25, -0.2) is 9.97 Å². The van der Waals surface area contributed by atoms with Crippen LogP contribution >= 0.6 is 0 Å². The Morgan fingerprint density at radius 2 is 2.11 bits per heavy atom. The van der Waals surface area contributed by atoms with Crippen molar-refractivity contribution in [2.45, 2.75) is 52.7 Å². The SMILES string of the molecule is CCCn1c(CNC(C)(C)C)nc2cccnc21. The number of nitrogens with one attached hydrogen (secondary N) is 1. The Morgan fingerprint density at radius 1 is 1.33 bits per heavy atom. The van der Waals surface area contributed by atoms with E-state index in [1.807, 2.05) is 18.3 Å². The summed E-state index contributed by atoms with van der Waals surface area (Å²) in [7, 11) is 0. The highest BCUT2D eigenvalue weighted by molar-refractivity contribution is 5.71. The van der Waals surface area contributed by atoms with Gasteiger partial charge in [-0.05, 0) is 39.3 Å². The molecule has 4 nitrogen and oxygen atoms in total. The molecular formula is C14H22N4. The van der Waals surface area contributed by atoms with Crippen molar-refractivity contribution in [3.05, 3.63) is 24.2 Å². The molecule has 0 bridgehead atoms. The Labute approximate surface area is 108 Å². The first-order valence-corrected chi connectivity index (χ1v) is 6.56. The van der Waals surface area contributed by atoms with E-state index in [1.165, 1.54) is 0 Å². The number of imidazole rings is 1. The van der Waals surface area contributed by atoms with Gasteiger partial charge in [0.05, 0.1) is 6.54 Å². The molecule has 0 atom stereocenters. The Balaban J connectivity index is 2.33. The van der Waals surface area contributed by atoms with Crippen molar-refractivity contribution in [1.82, 2.24) is 19.9 Å². The van der Waals surface area contributed by atoms with Crippen LogP contribution < -0.4 is 5.32 Å².